The Labute approximate surface area is 228 Å². The lowest BCUT2D eigenvalue weighted by molar-refractivity contribution is -0.384. The summed E-state index contributed by atoms with van der Waals surface area (Å²) in [5, 5.41) is 12.8. The molecule has 2 aliphatic heterocycles. The third-order valence-electron chi connectivity index (χ3n) is 6.87. The fraction of sp³-hybridized carbons (Fsp3) is 0.100. The quantitative estimate of drug-likeness (QED) is 0.113. The van der Waals surface area contributed by atoms with Gasteiger partial charge in [-0.05, 0) is 48.0 Å². The van der Waals surface area contributed by atoms with Crippen LogP contribution in [0.3, 0.4) is 0 Å². The molecule has 2 amide bonds. The normalized spacial score (nSPS) is 19.9. The van der Waals surface area contributed by atoms with E-state index in [1.165, 1.54) is 23.3 Å². The number of non-ortho nitro benzene ring substituents is 1. The van der Waals surface area contributed by atoms with E-state index in [1.807, 2.05) is 0 Å². The Morgan fingerprint density at radius 1 is 0.800 bits per heavy atom. The highest BCUT2D eigenvalue weighted by Gasteiger charge is 2.60. The second-order valence-corrected chi connectivity index (χ2v) is 9.27. The maximum absolute atomic E-state index is 13.7. The van der Waals surface area contributed by atoms with Crippen molar-refractivity contribution in [3.8, 4) is 5.75 Å². The van der Waals surface area contributed by atoms with Crippen LogP contribution in [0.5, 0.6) is 5.75 Å². The SMILES string of the molecule is O=C(Oc1ccc([C@@H]2[C@H]3C(=O)N(c4ccccc4)C(=O)[C@@H]3ON2c2cccc([N+](=O)[O-])c2)cc1)c1ccccc1. The zero-order chi connectivity index (χ0) is 27.8. The number of imide groups is 1. The van der Waals surface area contributed by atoms with E-state index in [4.69, 9.17) is 9.57 Å². The summed E-state index contributed by atoms with van der Waals surface area (Å²) in [6.07, 6.45) is -1.13. The van der Waals surface area contributed by atoms with Crippen LogP contribution < -0.4 is 14.7 Å². The topological polar surface area (TPSA) is 119 Å². The Morgan fingerprint density at radius 3 is 2.12 bits per heavy atom. The minimum Gasteiger partial charge on any atom is -0.423 e. The van der Waals surface area contributed by atoms with Gasteiger partial charge in [0.25, 0.3) is 11.6 Å². The molecule has 0 aromatic heterocycles. The largest absolute Gasteiger partial charge is 0.423 e. The van der Waals surface area contributed by atoms with Crippen LogP contribution in [-0.4, -0.2) is 28.8 Å². The second-order valence-electron chi connectivity index (χ2n) is 9.27. The van der Waals surface area contributed by atoms with Crippen molar-refractivity contribution in [3.63, 3.8) is 0 Å². The lowest BCUT2D eigenvalue weighted by Gasteiger charge is -2.28. The highest BCUT2D eigenvalue weighted by Crippen LogP contribution is 2.48. The van der Waals surface area contributed by atoms with Gasteiger partial charge >= 0.3 is 5.97 Å². The molecule has 2 fully saturated rings. The molecule has 4 aromatic carbocycles. The van der Waals surface area contributed by atoms with Crippen molar-refractivity contribution < 1.29 is 28.9 Å². The van der Waals surface area contributed by atoms with Gasteiger partial charge in [0.1, 0.15) is 11.7 Å². The molecule has 2 saturated heterocycles. The number of hydrogen-bond acceptors (Lipinski definition) is 8. The Bertz CT molecular complexity index is 1610. The zero-order valence-electron chi connectivity index (χ0n) is 20.8. The van der Waals surface area contributed by atoms with Gasteiger partial charge in [-0.2, -0.15) is 0 Å². The van der Waals surface area contributed by atoms with Gasteiger partial charge in [-0.3, -0.25) is 24.5 Å². The van der Waals surface area contributed by atoms with E-state index in [0.29, 0.717) is 22.5 Å². The molecule has 2 aliphatic rings. The van der Waals surface area contributed by atoms with Crippen LogP contribution in [0.15, 0.2) is 109 Å². The first-order valence-electron chi connectivity index (χ1n) is 12.4. The Hall–Kier alpha value is -5.35. The molecule has 0 unspecified atom stereocenters. The number of nitro groups is 1. The van der Waals surface area contributed by atoms with Crippen molar-refractivity contribution in [2.45, 2.75) is 12.1 Å². The number of hydroxylamine groups is 1. The first-order valence-corrected chi connectivity index (χ1v) is 12.4. The standard InChI is InChI=1S/C30H21N3O7/c34-28-25-26(19-14-16-24(17-15-19)39-30(36)20-8-3-1-4-9-20)32(22-12-7-13-23(18-22)33(37)38)40-27(25)29(35)31(28)21-10-5-2-6-11-21/h1-18,25-27H/t25-,26-,27-/m1/s1. The van der Waals surface area contributed by atoms with Crippen LogP contribution in [0.2, 0.25) is 0 Å². The number of para-hydroxylation sites is 1. The van der Waals surface area contributed by atoms with E-state index < -0.39 is 40.8 Å². The molecule has 0 bridgehead atoms. The number of carbonyl (C=O) groups excluding carboxylic acids is 3. The lowest BCUT2D eigenvalue weighted by Crippen LogP contribution is -2.37. The highest BCUT2D eigenvalue weighted by atomic mass is 16.7. The number of carbonyl (C=O) groups is 3. The average Bonchev–Trinajstić information content (AvgIpc) is 3.50. The van der Waals surface area contributed by atoms with Crippen molar-refractivity contribution in [1.82, 2.24) is 0 Å². The first-order chi connectivity index (χ1) is 19.4. The summed E-state index contributed by atoms with van der Waals surface area (Å²) in [5.41, 5.74) is 1.57. The van der Waals surface area contributed by atoms with Gasteiger partial charge in [-0.1, -0.05) is 54.6 Å². The summed E-state index contributed by atoms with van der Waals surface area (Å²) in [6.45, 7) is 0. The highest BCUT2D eigenvalue weighted by molar-refractivity contribution is 6.23. The number of rotatable bonds is 6. The summed E-state index contributed by atoms with van der Waals surface area (Å²) in [7, 11) is 0. The number of hydrogen-bond donors (Lipinski definition) is 0. The molecule has 6 rings (SSSR count). The van der Waals surface area contributed by atoms with Crippen molar-refractivity contribution >= 4 is 34.8 Å². The summed E-state index contributed by atoms with van der Waals surface area (Å²) in [6, 6.07) is 28.7. The van der Waals surface area contributed by atoms with Crippen LogP contribution in [0.1, 0.15) is 22.0 Å². The molecule has 2 heterocycles. The van der Waals surface area contributed by atoms with E-state index in [0.717, 1.165) is 4.90 Å². The van der Waals surface area contributed by atoms with E-state index in [9.17, 15) is 24.5 Å². The number of anilines is 2. The van der Waals surface area contributed by atoms with Crippen LogP contribution in [0.4, 0.5) is 17.1 Å². The zero-order valence-corrected chi connectivity index (χ0v) is 20.8. The maximum Gasteiger partial charge on any atom is 0.343 e. The van der Waals surface area contributed by atoms with Gasteiger partial charge in [0.15, 0.2) is 6.10 Å². The van der Waals surface area contributed by atoms with E-state index >= 15 is 0 Å². The molecule has 3 atom stereocenters. The molecular weight excluding hydrogens is 514 g/mol. The lowest BCUT2D eigenvalue weighted by atomic mass is 9.90. The molecular formula is C30H21N3O7. The molecule has 10 nitrogen and oxygen atoms in total. The Kier molecular flexibility index (Phi) is 6.29. The van der Waals surface area contributed by atoms with Gasteiger partial charge < -0.3 is 4.74 Å². The Morgan fingerprint density at radius 2 is 1.45 bits per heavy atom. The van der Waals surface area contributed by atoms with Crippen molar-refractivity contribution in [3.05, 3.63) is 130 Å². The van der Waals surface area contributed by atoms with Gasteiger partial charge in [-0.15, -0.1) is 0 Å². The number of fused-ring (bicyclic) bond motifs is 1. The molecule has 0 radical (unpaired) electrons. The first kappa shape index (κ1) is 25.0. The average molecular weight is 536 g/mol. The van der Waals surface area contributed by atoms with Gasteiger partial charge in [-0.25, -0.2) is 14.8 Å². The van der Waals surface area contributed by atoms with Crippen molar-refractivity contribution in [2.24, 2.45) is 5.92 Å². The summed E-state index contributed by atoms with van der Waals surface area (Å²) in [4.78, 5) is 57.7. The van der Waals surface area contributed by atoms with Crippen molar-refractivity contribution in [1.29, 1.82) is 0 Å². The predicted octanol–water partition coefficient (Wildman–Crippen LogP) is 4.87. The van der Waals surface area contributed by atoms with Gasteiger partial charge in [0, 0.05) is 12.1 Å². The maximum atomic E-state index is 13.7. The molecule has 40 heavy (non-hydrogen) atoms. The number of ether oxygens (including phenoxy) is 1. The number of nitro benzene ring substituents is 1. The van der Waals surface area contributed by atoms with E-state index in [2.05, 4.69) is 0 Å². The smallest absolute Gasteiger partial charge is 0.343 e. The van der Waals surface area contributed by atoms with Crippen LogP contribution >= 0.6 is 0 Å². The van der Waals surface area contributed by atoms with Crippen LogP contribution in [0, 0.1) is 16.0 Å². The third kappa shape index (κ3) is 4.36. The molecule has 10 heteroatoms. The summed E-state index contributed by atoms with van der Waals surface area (Å²) < 4.78 is 5.48. The fourth-order valence-electron chi connectivity index (χ4n) is 5.03. The third-order valence-corrected chi connectivity index (χ3v) is 6.87. The number of benzene rings is 4. The molecule has 198 valence electrons. The molecule has 0 saturated carbocycles. The Balaban J connectivity index is 1.36. The molecule has 0 N–H and O–H groups in total. The van der Waals surface area contributed by atoms with Crippen LogP contribution in [0.25, 0.3) is 0 Å². The second kappa shape index (κ2) is 10.1. The summed E-state index contributed by atoms with van der Waals surface area (Å²) >= 11 is 0. The fourth-order valence-corrected chi connectivity index (χ4v) is 5.03. The molecule has 0 aliphatic carbocycles. The summed E-state index contributed by atoms with van der Waals surface area (Å²) in [5.74, 6) is -2.13. The van der Waals surface area contributed by atoms with Gasteiger partial charge in [0.2, 0.25) is 5.91 Å². The number of amides is 2. The van der Waals surface area contributed by atoms with E-state index in [-0.39, 0.29) is 11.4 Å². The van der Waals surface area contributed by atoms with E-state index in [1.54, 1.807) is 91.0 Å². The minimum atomic E-state index is -1.13. The van der Waals surface area contributed by atoms with Crippen LogP contribution in [-0.2, 0) is 14.4 Å². The molecule has 4 aromatic rings. The molecule has 0 spiro atoms. The minimum absolute atomic E-state index is 0.163. The predicted molar refractivity (Wildman–Crippen MR) is 143 cm³/mol. The monoisotopic (exact) mass is 535 g/mol. The van der Waals surface area contributed by atoms with Crippen molar-refractivity contribution in [2.75, 3.05) is 9.96 Å². The van der Waals surface area contributed by atoms with Gasteiger partial charge in [0.05, 0.1) is 27.9 Å². The number of nitrogens with zero attached hydrogens (tertiary/aromatic N) is 3. The number of esters is 1.